The van der Waals surface area contributed by atoms with E-state index < -0.39 is 0 Å². The maximum Gasteiger partial charge on any atom is 0.312 e. The third-order valence-corrected chi connectivity index (χ3v) is 5.43. The zero-order chi connectivity index (χ0) is 18.1. The molecule has 0 radical (unpaired) electrons. The molecule has 1 aliphatic rings. The molecule has 1 fully saturated rings. The van der Waals surface area contributed by atoms with E-state index in [9.17, 15) is 4.79 Å². The Balaban J connectivity index is 0.00000149. The van der Waals surface area contributed by atoms with Crippen molar-refractivity contribution in [2.24, 2.45) is 17.3 Å². The van der Waals surface area contributed by atoms with Crippen LogP contribution in [0.25, 0.3) is 0 Å². The second-order valence-electron chi connectivity index (χ2n) is 8.02. The zero-order valence-electron chi connectivity index (χ0n) is 16.7. The molecule has 1 saturated carbocycles. The summed E-state index contributed by atoms with van der Waals surface area (Å²) >= 11 is 0. The Morgan fingerprint density at radius 2 is 1.65 bits per heavy atom. The first-order valence-electron chi connectivity index (χ1n) is 9.47. The molecular formula is C21H40O2. The van der Waals surface area contributed by atoms with Crippen LogP contribution in [0.3, 0.4) is 0 Å². The van der Waals surface area contributed by atoms with Crippen LogP contribution in [0.1, 0.15) is 93.4 Å². The van der Waals surface area contributed by atoms with Crippen molar-refractivity contribution in [2.75, 3.05) is 0 Å². The minimum absolute atomic E-state index is 0.00507. The van der Waals surface area contributed by atoms with Crippen molar-refractivity contribution in [3.8, 4) is 0 Å². The maximum atomic E-state index is 12.6. The predicted octanol–water partition coefficient (Wildman–Crippen LogP) is 6.54. The fourth-order valence-electron chi connectivity index (χ4n) is 3.38. The van der Waals surface area contributed by atoms with Gasteiger partial charge in [-0.2, -0.15) is 0 Å². The topological polar surface area (TPSA) is 26.3 Å². The van der Waals surface area contributed by atoms with Gasteiger partial charge in [0.25, 0.3) is 0 Å². The van der Waals surface area contributed by atoms with Crippen LogP contribution in [0.2, 0.25) is 0 Å². The summed E-state index contributed by atoms with van der Waals surface area (Å²) in [5.74, 6) is 1.36. The number of hydrogen-bond acceptors (Lipinski definition) is 2. The molecule has 0 saturated heterocycles. The molecule has 1 rings (SSSR count). The van der Waals surface area contributed by atoms with Gasteiger partial charge >= 0.3 is 5.97 Å². The third kappa shape index (κ3) is 7.10. The van der Waals surface area contributed by atoms with Crippen molar-refractivity contribution in [3.63, 3.8) is 0 Å². The Morgan fingerprint density at radius 3 is 2.04 bits per heavy atom. The highest BCUT2D eigenvalue weighted by atomic mass is 16.6. The molecule has 0 aromatic heterocycles. The maximum absolute atomic E-state index is 12.6. The number of carbonyl (C=O) groups excluding carboxylic acids is 1. The molecule has 23 heavy (non-hydrogen) atoms. The van der Waals surface area contributed by atoms with Gasteiger partial charge in [0.2, 0.25) is 0 Å². The normalized spacial score (nSPS) is 24.0. The minimum atomic E-state index is -0.318. The average Bonchev–Trinajstić information content (AvgIpc) is 2.48. The molecule has 1 atom stereocenters. The number of rotatable bonds is 6. The highest BCUT2D eigenvalue weighted by molar-refractivity contribution is 5.76. The van der Waals surface area contributed by atoms with Crippen LogP contribution >= 0.6 is 0 Å². The number of esters is 1. The van der Waals surface area contributed by atoms with Gasteiger partial charge in [0.05, 0.1) is 5.41 Å². The van der Waals surface area contributed by atoms with Gasteiger partial charge in [-0.25, -0.2) is 0 Å². The van der Waals surface area contributed by atoms with E-state index >= 15 is 0 Å². The number of carbonyl (C=O) groups is 1. The Morgan fingerprint density at radius 1 is 1.17 bits per heavy atom. The highest BCUT2D eigenvalue weighted by Crippen LogP contribution is 2.39. The molecule has 1 unspecified atom stereocenters. The Kier molecular flexibility index (Phi) is 9.80. The molecule has 0 aromatic rings. The Hall–Kier alpha value is -0.790. The molecule has 0 bridgehead atoms. The van der Waals surface area contributed by atoms with Crippen LogP contribution in [-0.2, 0) is 9.53 Å². The van der Waals surface area contributed by atoms with E-state index in [-0.39, 0.29) is 17.0 Å². The predicted molar refractivity (Wildman–Crippen MR) is 100 cm³/mol. The van der Waals surface area contributed by atoms with Crippen molar-refractivity contribution >= 4 is 5.97 Å². The first-order valence-corrected chi connectivity index (χ1v) is 9.47. The second-order valence-corrected chi connectivity index (χ2v) is 8.02. The van der Waals surface area contributed by atoms with Crippen molar-refractivity contribution in [3.05, 3.63) is 12.7 Å². The van der Waals surface area contributed by atoms with E-state index in [1.165, 1.54) is 25.7 Å². The first kappa shape index (κ1) is 22.2. The summed E-state index contributed by atoms with van der Waals surface area (Å²) in [6.45, 7) is 18.1. The highest BCUT2D eigenvalue weighted by Gasteiger charge is 2.40. The standard InChI is InChI=1S/C18H34O2.C3H6/c1-7-13-18(6,8-2)16(19)20-17(4,5)15-11-9-14(3)10-12-15;1-3-2/h14-15H,7-13H2,1-6H3;3H,1H2,2H3. The average molecular weight is 325 g/mol. The summed E-state index contributed by atoms with van der Waals surface area (Å²) in [4.78, 5) is 12.6. The monoisotopic (exact) mass is 324 g/mol. The second kappa shape index (κ2) is 10.2. The van der Waals surface area contributed by atoms with E-state index in [4.69, 9.17) is 4.74 Å². The Labute approximate surface area is 145 Å². The lowest BCUT2D eigenvalue weighted by molar-refractivity contribution is -0.175. The van der Waals surface area contributed by atoms with Crippen molar-refractivity contribution < 1.29 is 9.53 Å². The van der Waals surface area contributed by atoms with E-state index in [1.54, 1.807) is 6.08 Å². The lowest BCUT2D eigenvalue weighted by Crippen LogP contribution is -2.42. The van der Waals surface area contributed by atoms with E-state index in [0.29, 0.717) is 5.92 Å². The molecule has 0 spiro atoms. The van der Waals surface area contributed by atoms with Crippen LogP contribution in [0, 0.1) is 17.3 Å². The minimum Gasteiger partial charge on any atom is -0.459 e. The van der Waals surface area contributed by atoms with Gasteiger partial charge in [-0.3, -0.25) is 4.79 Å². The van der Waals surface area contributed by atoms with Gasteiger partial charge in [0.15, 0.2) is 0 Å². The van der Waals surface area contributed by atoms with Gasteiger partial charge in [-0.05, 0) is 65.2 Å². The molecule has 0 heterocycles. The number of ether oxygens (including phenoxy) is 1. The molecule has 136 valence electrons. The van der Waals surface area contributed by atoms with Crippen LogP contribution < -0.4 is 0 Å². The summed E-state index contributed by atoms with van der Waals surface area (Å²) < 4.78 is 5.98. The molecule has 0 aliphatic heterocycles. The lowest BCUT2D eigenvalue weighted by atomic mass is 9.75. The summed E-state index contributed by atoms with van der Waals surface area (Å²) in [5.41, 5.74) is -0.630. The largest absolute Gasteiger partial charge is 0.459 e. The van der Waals surface area contributed by atoms with Gasteiger partial charge in [-0.1, -0.05) is 46.1 Å². The van der Waals surface area contributed by atoms with Crippen LogP contribution in [0.4, 0.5) is 0 Å². The molecule has 2 heteroatoms. The SMILES string of the molecule is C=CC.CCCC(C)(CC)C(=O)OC(C)(C)C1CCC(C)CC1. The smallest absolute Gasteiger partial charge is 0.312 e. The molecule has 0 amide bonds. The van der Waals surface area contributed by atoms with Crippen LogP contribution in [0.15, 0.2) is 12.7 Å². The fourth-order valence-corrected chi connectivity index (χ4v) is 3.38. The Bertz CT molecular complexity index is 351. The fraction of sp³-hybridized carbons (Fsp3) is 0.857. The quantitative estimate of drug-likeness (QED) is 0.409. The lowest BCUT2D eigenvalue weighted by Gasteiger charge is -2.40. The molecule has 2 nitrogen and oxygen atoms in total. The third-order valence-electron chi connectivity index (χ3n) is 5.43. The number of hydrogen-bond donors (Lipinski definition) is 0. The van der Waals surface area contributed by atoms with Gasteiger partial charge in [0, 0.05) is 0 Å². The summed E-state index contributed by atoms with van der Waals surface area (Å²) in [6, 6.07) is 0. The number of allylic oxidation sites excluding steroid dienone is 1. The first-order chi connectivity index (χ1) is 10.7. The molecular weight excluding hydrogens is 284 g/mol. The van der Waals surface area contributed by atoms with Crippen molar-refractivity contribution in [1.29, 1.82) is 0 Å². The molecule has 0 aromatic carbocycles. The summed E-state index contributed by atoms with van der Waals surface area (Å²) in [6.07, 6.45) is 9.48. The van der Waals surface area contributed by atoms with Gasteiger partial charge in [0.1, 0.15) is 5.60 Å². The van der Waals surface area contributed by atoms with E-state index in [1.807, 2.05) is 6.92 Å². The molecule has 0 N–H and O–H groups in total. The van der Waals surface area contributed by atoms with Crippen molar-refractivity contribution in [2.45, 2.75) is 99.0 Å². The summed E-state index contributed by atoms with van der Waals surface area (Å²) in [7, 11) is 0. The van der Waals surface area contributed by atoms with E-state index in [0.717, 1.165) is 25.2 Å². The van der Waals surface area contributed by atoms with Crippen LogP contribution in [0.5, 0.6) is 0 Å². The zero-order valence-corrected chi connectivity index (χ0v) is 16.7. The van der Waals surface area contributed by atoms with Gasteiger partial charge in [-0.15, -0.1) is 6.58 Å². The molecule has 1 aliphatic carbocycles. The van der Waals surface area contributed by atoms with Crippen LogP contribution in [-0.4, -0.2) is 11.6 Å². The van der Waals surface area contributed by atoms with E-state index in [2.05, 4.69) is 48.1 Å². The summed E-state index contributed by atoms with van der Waals surface area (Å²) in [5, 5.41) is 0. The van der Waals surface area contributed by atoms with Gasteiger partial charge < -0.3 is 4.74 Å². The van der Waals surface area contributed by atoms with Crippen molar-refractivity contribution in [1.82, 2.24) is 0 Å².